The van der Waals surface area contributed by atoms with Crippen LogP contribution in [-0.4, -0.2) is 26.8 Å². The topological polar surface area (TPSA) is 30.5 Å². The molecule has 0 aromatic heterocycles. The van der Waals surface area contributed by atoms with Crippen molar-refractivity contribution in [2.45, 2.75) is 38.6 Å². The third kappa shape index (κ3) is 2.96. The average molecular weight is 249 g/mol. The molecule has 2 rings (SSSR count). The van der Waals surface area contributed by atoms with Gasteiger partial charge in [0.15, 0.2) is 11.5 Å². The summed E-state index contributed by atoms with van der Waals surface area (Å²) in [7, 11) is 3.37. The average Bonchev–Trinajstić information content (AvgIpc) is 2.41. The van der Waals surface area contributed by atoms with Gasteiger partial charge in [-0.3, -0.25) is 0 Å². The molecule has 0 saturated carbocycles. The SMILES string of the molecule is COc1cc(C)c(CC2CCCCN2)cc1OC. The van der Waals surface area contributed by atoms with Gasteiger partial charge in [0, 0.05) is 6.04 Å². The van der Waals surface area contributed by atoms with Crippen molar-refractivity contribution in [2.24, 2.45) is 0 Å². The van der Waals surface area contributed by atoms with Crippen molar-refractivity contribution in [3.05, 3.63) is 23.3 Å². The Morgan fingerprint density at radius 1 is 1.17 bits per heavy atom. The Labute approximate surface area is 109 Å². The summed E-state index contributed by atoms with van der Waals surface area (Å²) in [5.74, 6) is 1.64. The van der Waals surface area contributed by atoms with E-state index in [-0.39, 0.29) is 0 Å². The molecule has 1 aliphatic rings. The van der Waals surface area contributed by atoms with Crippen LogP contribution in [0.15, 0.2) is 12.1 Å². The fourth-order valence-corrected chi connectivity index (χ4v) is 2.61. The van der Waals surface area contributed by atoms with E-state index in [0.29, 0.717) is 6.04 Å². The molecule has 1 unspecified atom stereocenters. The molecule has 3 nitrogen and oxygen atoms in total. The van der Waals surface area contributed by atoms with Crippen molar-refractivity contribution in [3.8, 4) is 11.5 Å². The molecule has 1 aliphatic heterocycles. The van der Waals surface area contributed by atoms with Gasteiger partial charge in [0.2, 0.25) is 0 Å². The Morgan fingerprint density at radius 2 is 1.89 bits per heavy atom. The number of methoxy groups -OCH3 is 2. The van der Waals surface area contributed by atoms with Crippen LogP contribution in [0, 0.1) is 6.92 Å². The highest BCUT2D eigenvalue weighted by molar-refractivity contribution is 5.47. The highest BCUT2D eigenvalue weighted by Gasteiger charge is 2.16. The first-order valence-corrected chi connectivity index (χ1v) is 6.69. The summed E-state index contributed by atoms with van der Waals surface area (Å²) >= 11 is 0. The minimum atomic E-state index is 0.607. The Bertz CT molecular complexity index is 398. The van der Waals surface area contributed by atoms with Crippen LogP contribution in [0.3, 0.4) is 0 Å². The maximum atomic E-state index is 5.38. The molecule has 1 aromatic rings. The number of piperidine rings is 1. The van der Waals surface area contributed by atoms with Crippen LogP contribution in [0.25, 0.3) is 0 Å². The number of aryl methyl sites for hydroxylation is 1. The molecule has 1 heterocycles. The number of nitrogens with one attached hydrogen (secondary N) is 1. The lowest BCUT2D eigenvalue weighted by Crippen LogP contribution is -2.35. The van der Waals surface area contributed by atoms with Gasteiger partial charge in [0.05, 0.1) is 14.2 Å². The molecule has 1 atom stereocenters. The zero-order valence-electron chi connectivity index (χ0n) is 11.6. The highest BCUT2D eigenvalue weighted by Crippen LogP contribution is 2.31. The maximum absolute atomic E-state index is 5.38. The van der Waals surface area contributed by atoms with Gasteiger partial charge in [0.25, 0.3) is 0 Å². The predicted molar refractivity (Wildman–Crippen MR) is 73.6 cm³/mol. The Kier molecular flexibility index (Phi) is 4.48. The largest absolute Gasteiger partial charge is 0.493 e. The van der Waals surface area contributed by atoms with Crippen molar-refractivity contribution in [1.29, 1.82) is 0 Å². The van der Waals surface area contributed by atoms with Gasteiger partial charge < -0.3 is 14.8 Å². The summed E-state index contributed by atoms with van der Waals surface area (Å²) in [5, 5.41) is 3.59. The van der Waals surface area contributed by atoms with E-state index in [1.165, 1.54) is 30.4 Å². The molecule has 1 N–H and O–H groups in total. The fourth-order valence-electron chi connectivity index (χ4n) is 2.61. The van der Waals surface area contributed by atoms with Gasteiger partial charge in [-0.25, -0.2) is 0 Å². The molecule has 0 radical (unpaired) electrons. The van der Waals surface area contributed by atoms with Crippen molar-refractivity contribution in [3.63, 3.8) is 0 Å². The van der Waals surface area contributed by atoms with Crippen molar-refractivity contribution < 1.29 is 9.47 Å². The lowest BCUT2D eigenvalue weighted by Gasteiger charge is -2.24. The number of hydrogen-bond acceptors (Lipinski definition) is 3. The first-order chi connectivity index (χ1) is 8.74. The lowest BCUT2D eigenvalue weighted by molar-refractivity contribution is 0.353. The summed E-state index contributed by atoms with van der Waals surface area (Å²) in [4.78, 5) is 0. The molecule has 1 aromatic carbocycles. The first kappa shape index (κ1) is 13.2. The molecular formula is C15H23NO2. The summed E-state index contributed by atoms with van der Waals surface area (Å²) in [6.45, 7) is 3.29. The molecular weight excluding hydrogens is 226 g/mol. The number of hydrogen-bond donors (Lipinski definition) is 1. The van der Waals surface area contributed by atoms with E-state index in [4.69, 9.17) is 9.47 Å². The van der Waals surface area contributed by atoms with E-state index in [9.17, 15) is 0 Å². The zero-order valence-corrected chi connectivity index (χ0v) is 11.6. The molecule has 0 bridgehead atoms. The molecule has 0 amide bonds. The van der Waals surface area contributed by atoms with E-state index >= 15 is 0 Å². The van der Waals surface area contributed by atoms with Gasteiger partial charge in [-0.05, 0) is 56.0 Å². The van der Waals surface area contributed by atoms with Gasteiger partial charge in [-0.1, -0.05) is 6.42 Å². The molecule has 3 heteroatoms. The molecule has 0 spiro atoms. The third-order valence-corrected chi connectivity index (χ3v) is 3.72. The normalized spacial score (nSPS) is 19.6. The van der Waals surface area contributed by atoms with Crippen molar-refractivity contribution >= 4 is 0 Å². The predicted octanol–water partition coefficient (Wildman–Crippen LogP) is 2.70. The van der Waals surface area contributed by atoms with E-state index in [2.05, 4.69) is 24.4 Å². The zero-order chi connectivity index (χ0) is 13.0. The number of benzene rings is 1. The first-order valence-electron chi connectivity index (χ1n) is 6.69. The monoisotopic (exact) mass is 249 g/mol. The van der Waals surface area contributed by atoms with E-state index in [1.807, 2.05) is 0 Å². The third-order valence-electron chi connectivity index (χ3n) is 3.72. The molecule has 100 valence electrons. The Balaban J connectivity index is 2.16. The standard InChI is InChI=1S/C15H23NO2/c1-11-8-14(17-2)15(18-3)10-12(11)9-13-6-4-5-7-16-13/h8,10,13,16H,4-7,9H2,1-3H3. The minimum Gasteiger partial charge on any atom is -0.493 e. The van der Waals surface area contributed by atoms with Crippen LogP contribution in [0.4, 0.5) is 0 Å². The van der Waals surface area contributed by atoms with Crippen molar-refractivity contribution in [2.75, 3.05) is 20.8 Å². The molecule has 1 fully saturated rings. The van der Waals surface area contributed by atoms with E-state index in [1.54, 1.807) is 14.2 Å². The Morgan fingerprint density at radius 3 is 2.50 bits per heavy atom. The van der Waals surface area contributed by atoms with Gasteiger partial charge in [0.1, 0.15) is 0 Å². The van der Waals surface area contributed by atoms with Crippen LogP contribution in [0.5, 0.6) is 11.5 Å². The summed E-state index contributed by atoms with van der Waals surface area (Å²) in [5.41, 5.74) is 2.63. The smallest absolute Gasteiger partial charge is 0.161 e. The van der Waals surface area contributed by atoms with Gasteiger partial charge >= 0.3 is 0 Å². The maximum Gasteiger partial charge on any atom is 0.161 e. The number of ether oxygens (including phenoxy) is 2. The highest BCUT2D eigenvalue weighted by atomic mass is 16.5. The van der Waals surface area contributed by atoms with E-state index in [0.717, 1.165) is 24.5 Å². The Hall–Kier alpha value is -1.22. The van der Waals surface area contributed by atoms with Gasteiger partial charge in [-0.2, -0.15) is 0 Å². The minimum absolute atomic E-state index is 0.607. The molecule has 18 heavy (non-hydrogen) atoms. The second-order valence-electron chi connectivity index (χ2n) is 4.98. The summed E-state index contributed by atoms with van der Waals surface area (Å²) in [6.07, 6.45) is 4.99. The second-order valence-corrected chi connectivity index (χ2v) is 4.98. The quantitative estimate of drug-likeness (QED) is 0.890. The summed E-state index contributed by atoms with van der Waals surface area (Å²) in [6, 6.07) is 4.79. The summed E-state index contributed by atoms with van der Waals surface area (Å²) < 4.78 is 10.7. The number of rotatable bonds is 4. The van der Waals surface area contributed by atoms with Crippen LogP contribution < -0.4 is 14.8 Å². The second kappa shape index (κ2) is 6.10. The van der Waals surface area contributed by atoms with Crippen LogP contribution >= 0.6 is 0 Å². The van der Waals surface area contributed by atoms with E-state index < -0.39 is 0 Å². The van der Waals surface area contributed by atoms with Crippen molar-refractivity contribution in [1.82, 2.24) is 5.32 Å². The molecule has 0 aliphatic carbocycles. The molecule has 1 saturated heterocycles. The fraction of sp³-hybridized carbons (Fsp3) is 0.600. The van der Waals surface area contributed by atoms with Gasteiger partial charge in [-0.15, -0.1) is 0 Å². The van der Waals surface area contributed by atoms with Crippen LogP contribution in [0.2, 0.25) is 0 Å². The lowest BCUT2D eigenvalue weighted by atomic mass is 9.95. The van der Waals surface area contributed by atoms with Crippen LogP contribution in [0.1, 0.15) is 30.4 Å². The van der Waals surface area contributed by atoms with Crippen LogP contribution in [-0.2, 0) is 6.42 Å².